The molecular formula is C17H13ClF4N2O4S. The molecule has 0 aromatic heterocycles. The highest BCUT2D eigenvalue weighted by Gasteiger charge is 2.39. The summed E-state index contributed by atoms with van der Waals surface area (Å²) in [4.78, 5) is 12.0. The van der Waals surface area contributed by atoms with E-state index in [4.69, 9.17) is 11.6 Å². The van der Waals surface area contributed by atoms with Crippen LogP contribution in [0, 0.1) is 17.5 Å². The first-order chi connectivity index (χ1) is 13.5. The summed E-state index contributed by atoms with van der Waals surface area (Å²) in [7, 11) is -4.24. The molecule has 2 atom stereocenters. The summed E-state index contributed by atoms with van der Waals surface area (Å²) in [6.07, 6.45) is -3.22. The van der Waals surface area contributed by atoms with Crippen molar-refractivity contribution in [1.29, 1.82) is 0 Å². The number of benzene rings is 2. The number of aliphatic hydroxyl groups excluding tert-OH is 1. The van der Waals surface area contributed by atoms with Crippen LogP contribution in [0.3, 0.4) is 0 Å². The van der Waals surface area contributed by atoms with Crippen LogP contribution < -0.4 is 5.32 Å². The fraction of sp³-hybridized carbons (Fsp3) is 0.235. The van der Waals surface area contributed by atoms with Crippen molar-refractivity contribution in [3.8, 4) is 0 Å². The third-order valence-corrected chi connectivity index (χ3v) is 6.41. The van der Waals surface area contributed by atoms with E-state index in [1.54, 1.807) is 0 Å². The first-order valence-electron chi connectivity index (χ1n) is 8.08. The molecule has 1 aliphatic heterocycles. The first kappa shape index (κ1) is 21.5. The fourth-order valence-electron chi connectivity index (χ4n) is 2.72. The third kappa shape index (κ3) is 4.22. The summed E-state index contributed by atoms with van der Waals surface area (Å²) in [5.41, 5.74) is -0.770. The largest absolute Gasteiger partial charge is 0.389 e. The lowest BCUT2D eigenvalue weighted by atomic mass is 10.2. The number of hydrogen-bond acceptors (Lipinski definition) is 4. The molecule has 1 amide bonds. The Morgan fingerprint density at radius 3 is 2.31 bits per heavy atom. The quantitative estimate of drug-likeness (QED) is 0.551. The lowest BCUT2D eigenvalue weighted by molar-refractivity contribution is 0.102. The van der Waals surface area contributed by atoms with E-state index in [0.717, 1.165) is 22.5 Å². The predicted molar refractivity (Wildman–Crippen MR) is 95.4 cm³/mol. The number of carbonyl (C=O) groups is 1. The predicted octanol–water partition coefficient (Wildman–Crippen LogP) is 2.71. The van der Waals surface area contributed by atoms with Crippen LogP contribution in [-0.4, -0.2) is 49.1 Å². The Hall–Kier alpha value is -2.21. The van der Waals surface area contributed by atoms with Crippen LogP contribution in [0.4, 0.5) is 23.2 Å². The fourth-order valence-corrected chi connectivity index (χ4v) is 4.42. The number of amides is 1. The van der Waals surface area contributed by atoms with Crippen molar-refractivity contribution in [2.45, 2.75) is 17.2 Å². The van der Waals surface area contributed by atoms with Gasteiger partial charge in [0.05, 0.1) is 15.5 Å². The minimum absolute atomic E-state index is 0.172. The molecule has 2 unspecified atom stereocenters. The van der Waals surface area contributed by atoms with Crippen molar-refractivity contribution < 1.29 is 35.9 Å². The van der Waals surface area contributed by atoms with Gasteiger partial charge in [0.2, 0.25) is 10.0 Å². The molecule has 2 aromatic carbocycles. The molecule has 0 bridgehead atoms. The molecule has 6 nitrogen and oxygen atoms in total. The van der Waals surface area contributed by atoms with E-state index >= 15 is 0 Å². The Morgan fingerprint density at radius 2 is 1.76 bits per heavy atom. The third-order valence-electron chi connectivity index (χ3n) is 4.25. The van der Waals surface area contributed by atoms with Crippen molar-refractivity contribution >= 4 is 33.2 Å². The summed E-state index contributed by atoms with van der Waals surface area (Å²) in [5.74, 6) is -5.79. The SMILES string of the molecule is O=C(Nc1cc(F)c(F)c(F)c1)c1cc(S(=O)(=O)N2CC(O)C(F)C2)ccc1Cl. The standard InChI is InChI=1S/C17H13ClF4N2O4S/c18-11-2-1-9(29(27,28)24-6-14(21)15(25)7-24)5-10(11)17(26)23-8-3-12(19)16(22)13(20)4-8/h1-5,14-15,25H,6-7H2,(H,23,26). The van der Waals surface area contributed by atoms with E-state index in [-0.39, 0.29) is 10.6 Å². The van der Waals surface area contributed by atoms with Crippen molar-refractivity contribution in [2.24, 2.45) is 0 Å². The van der Waals surface area contributed by atoms with Crippen LogP contribution in [0.2, 0.25) is 5.02 Å². The van der Waals surface area contributed by atoms with Crippen LogP contribution in [0.15, 0.2) is 35.2 Å². The molecule has 0 saturated carbocycles. The summed E-state index contributed by atoms with van der Waals surface area (Å²) in [5, 5.41) is 11.4. The van der Waals surface area contributed by atoms with Gasteiger partial charge in [0.15, 0.2) is 17.5 Å². The second-order valence-corrected chi connectivity index (χ2v) is 8.60. The zero-order chi connectivity index (χ0) is 21.5. The number of sulfonamides is 1. The number of anilines is 1. The number of nitrogens with one attached hydrogen (secondary N) is 1. The number of nitrogens with zero attached hydrogens (tertiary/aromatic N) is 1. The monoisotopic (exact) mass is 452 g/mol. The van der Waals surface area contributed by atoms with Gasteiger partial charge in [-0.25, -0.2) is 26.0 Å². The maximum absolute atomic E-state index is 13.5. The molecule has 0 spiro atoms. The summed E-state index contributed by atoms with van der Waals surface area (Å²) in [6.45, 7) is -1.01. The molecule has 1 aliphatic rings. The zero-order valence-corrected chi connectivity index (χ0v) is 15.9. The molecule has 156 valence electrons. The van der Waals surface area contributed by atoms with Gasteiger partial charge in [-0.15, -0.1) is 0 Å². The van der Waals surface area contributed by atoms with Crippen molar-refractivity contribution in [3.05, 3.63) is 58.4 Å². The van der Waals surface area contributed by atoms with Crippen molar-refractivity contribution in [2.75, 3.05) is 18.4 Å². The maximum atomic E-state index is 13.5. The molecule has 1 saturated heterocycles. The normalized spacial score (nSPS) is 20.1. The Morgan fingerprint density at radius 1 is 1.14 bits per heavy atom. The molecule has 1 fully saturated rings. The van der Waals surface area contributed by atoms with Gasteiger partial charge < -0.3 is 10.4 Å². The van der Waals surface area contributed by atoms with Crippen molar-refractivity contribution in [3.63, 3.8) is 0 Å². The van der Waals surface area contributed by atoms with Gasteiger partial charge in [0.1, 0.15) is 12.3 Å². The molecule has 2 aromatic rings. The topological polar surface area (TPSA) is 86.7 Å². The molecule has 3 rings (SSSR count). The first-order valence-corrected chi connectivity index (χ1v) is 9.90. The molecule has 2 N–H and O–H groups in total. The highest BCUT2D eigenvalue weighted by Crippen LogP contribution is 2.27. The molecule has 0 aliphatic carbocycles. The smallest absolute Gasteiger partial charge is 0.257 e. The van der Waals surface area contributed by atoms with E-state index < -0.39 is 69.3 Å². The van der Waals surface area contributed by atoms with Crippen LogP contribution in [0.5, 0.6) is 0 Å². The van der Waals surface area contributed by atoms with Gasteiger partial charge in [-0.1, -0.05) is 11.6 Å². The van der Waals surface area contributed by atoms with Gasteiger partial charge >= 0.3 is 0 Å². The Kier molecular flexibility index (Phi) is 5.86. The van der Waals surface area contributed by atoms with Gasteiger partial charge in [-0.05, 0) is 18.2 Å². The lowest BCUT2D eigenvalue weighted by Gasteiger charge is -2.16. The Bertz CT molecular complexity index is 1050. The second-order valence-electron chi connectivity index (χ2n) is 6.26. The molecule has 12 heteroatoms. The zero-order valence-electron chi connectivity index (χ0n) is 14.4. The summed E-state index contributed by atoms with van der Waals surface area (Å²) < 4.78 is 79.1. The number of aliphatic hydroxyl groups is 1. The highest BCUT2D eigenvalue weighted by atomic mass is 35.5. The maximum Gasteiger partial charge on any atom is 0.257 e. The average Bonchev–Trinajstić information content (AvgIpc) is 2.99. The number of halogens is 5. The lowest BCUT2D eigenvalue weighted by Crippen LogP contribution is -2.30. The second kappa shape index (κ2) is 7.90. The minimum atomic E-state index is -4.24. The number of hydrogen-bond donors (Lipinski definition) is 2. The van der Waals surface area contributed by atoms with Gasteiger partial charge in [-0.3, -0.25) is 4.79 Å². The van der Waals surface area contributed by atoms with Gasteiger partial charge in [-0.2, -0.15) is 4.31 Å². The number of carbonyl (C=O) groups excluding carboxylic acids is 1. The molecule has 0 radical (unpaired) electrons. The van der Waals surface area contributed by atoms with E-state index in [1.807, 2.05) is 0 Å². The Balaban J connectivity index is 1.90. The van der Waals surface area contributed by atoms with Crippen LogP contribution in [0.25, 0.3) is 0 Å². The van der Waals surface area contributed by atoms with Gasteiger partial charge in [0, 0.05) is 30.9 Å². The average molecular weight is 453 g/mol. The van der Waals surface area contributed by atoms with Crippen LogP contribution in [-0.2, 0) is 10.0 Å². The number of rotatable bonds is 4. The van der Waals surface area contributed by atoms with Crippen molar-refractivity contribution in [1.82, 2.24) is 4.31 Å². The van der Waals surface area contributed by atoms with Crippen LogP contribution in [0.1, 0.15) is 10.4 Å². The van der Waals surface area contributed by atoms with E-state index in [1.165, 1.54) is 0 Å². The van der Waals surface area contributed by atoms with E-state index in [2.05, 4.69) is 5.32 Å². The number of β-amino-alcohol motifs (C(OH)–C–C–N with tert-alkyl or cyclic N) is 1. The number of alkyl halides is 1. The van der Waals surface area contributed by atoms with E-state index in [0.29, 0.717) is 12.1 Å². The molecule has 29 heavy (non-hydrogen) atoms. The van der Waals surface area contributed by atoms with Crippen LogP contribution >= 0.6 is 11.6 Å². The minimum Gasteiger partial charge on any atom is -0.389 e. The highest BCUT2D eigenvalue weighted by molar-refractivity contribution is 7.89. The molecular weight excluding hydrogens is 440 g/mol. The van der Waals surface area contributed by atoms with E-state index in [9.17, 15) is 35.9 Å². The summed E-state index contributed by atoms with van der Waals surface area (Å²) >= 11 is 5.92. The Labute approximate surface area is 167 Å². The van der Waals surface area contributed by atoms with Gasteiger partial charge in [0.25, 0.3) is 5.91 Å². The summed E-state index contributed by atoms with van der Waals surface area (Å²) in [6, 6.07) is 4.18. The molecule has 1 heterocycles.